The van der Waals surface area contributed by atoms with Gasteiger partial charge in [-0.15, -0.1) is 0 Å². The van der Waals surface area contributed by atoms with Gasteiger partial charge >= 0.3 is 0 Å². The average Bonchev–Trinajstić information content (AvgIpc) is 3.15. The number of hydrogen-bond acceptors (Lipinski definition) is 5. The Bertz CT molecular complexity index is 889. The Labute approximate surface area is 151 Å². The first-order chi connectivity index (χ1) is 12.8. The number of nitrogens with zero attached hydrogens (tertiary/aromatic N) is 5. The van der Waals surface area contributed by atoms with Crippen LogP contribution in [0.5, 0.6) is 0 Å². The zero-order valence-electron chi connectivity index (χ0n) is 14.8. The molecule has 1 saturated heterocycles. The minimum absolute atomic E-state index is 0.265. The number of fused-ring (bicyclic) bond motifs is 1. The smallest absolute Gasteiger partial charge is 0.157 e. The summed E-state index contributed by atoms with van der Waals surface area (Å²) in [5, 5.41) is 4.40. The third-order valence-corrected chi connectivity index (χ3v) is 4.80. The number of hydrogen-bond donors (Lipinski definition) is 0. The lowest BCUT2D eigenvalue weighted by atomic mass is 10.1. The zero-order chi connectivity index (χ0) is 17.9. The first-order valence-corrected chi connectivity index (χ1v) is 8.82. The molecule has 0 N–H and O–H groups in total. The molecule has 4 rings (SSSR count). The Morgan fingerprint density at radius 3 is 2.69 bits per heavy atom. The Hall–Kier alpha value is -2.51. The topological polar surface area (TPSA) is 45.9 Å². The number of anilines is 1. The van der Waals surface area contributed by atoms with Crippen molar-refractivity contribution in [1.82, 2.24) is 19.5 Å². The van der Waals surface area contributed by atoms with E-state index in [4.69, 9.17) is 4.74 Å². The van der Waals surface area contributed by atoms with Crippen LogP contribution in [0.4, 0.5) is 10.2 Å². The second kappa shape index (κ2) is 7.39. The summed E-state index contributed by atoms with van der Waals surface area (Å²) < 4.78 is 21.2. The molecular weight excluding hydrogens is 333 g/mol. The van der Waals surface area contributed by atoms with E-state index in [9.17, 15) is 4.39 Å². The number of ether oxygens (including phenoxy) is 1. The first kappa shape index (κ1) is 16.9. The summed E-state index contributed by atoms with van der Waals surface area (Å²) in [6, 6.07) is 10.5. The molecule has 0 atom stereocenters. The van der Waals surface area contributed by atoms with E-state index in [0.717, 1.165) is 50.8 Å². The molecule has 1 aromatic carbocycles. The fourth-order valence-corrected chi connectivity index (χ4v) is 3.35. The van der Waals surface area contributed by atoms with E-state index in [1.54, 1.807) is 25.4 Å². The van der Waals surface area contributed by atoms with Crippen LogP contribution < -0.4 is 4.90 Å². The molecule has 7 heteroatoms. The summed E-state index contributed by atoms with van der Waals surface area (Å²) in [6.45, 7) is 5.39. The number of benzene rings is 1. The van der Waals surface area contributed by atoms with E-state index in [-0.39, 0.29) is 5.82 Å². The molecule has 1 aliphatic heterocycles. The van der Waals surface area contributed by atoms with Gasteiger partial charge < -0.3 is 9.64 Å². The lowest BCUT2D eigenvalue weighted by molar-refractivity contribution is 0.144. The Morgan fingerprint density at radius 2 is 1.92 bits per heavy atom. The second-order valence-electron chi connectivity index (χ2n) is 6.40. The molecule has 2 aromatic heterocycles. The Kier molecular flexibility index (Phi) is 4.81. The van der Waals surface area contributed by atoms with Crippen molar-refractivity contribution >= 4 is 11.5 Å². The lowest BCUT2D eigenvalue weighted by Gasteiger charge is -2.35. The summed E-state index contributed by atoms with van der Waals surface area (Å²) >= 11 is 0. The van der Waals surface area contributed by atoms with Gasteiger partial charge in [-0.05, 0) is 12.1 Å². The number of rotatable bonds is 5. The number of piperazine rings is 1. The monoisotopic (exact) mass is 355 g/mol. The summed E-state index contributed by atoms with van der Waals surface area (Å²) in [5.41, 5.74) is 1.87. The fraction of sp³-hybridized carbons (Fsp3) is 0.368. The van der Waals surface area contributed by atoms with Crippen LogP contribution in [0.1, 0.15) is 0 Å². The largest absolute Gasteiger partial charge is 0.383 e. The van der Waals surface area contributed by atoms with E-state index in [0.29, 0.717) is 11.3 Å². The van der Waals surface area contributed by atoms with Gasteiger partial charge in [0, 0.05) is 57.5 Å². The summed E-state index contributed by atoms with van der Waals surface area (Å²) in [6.07, 6.45) is 1.73. The van der Waals surface area contributed by atoms with Crippen molar-refractivity contribution < 1.29 is 9.13 Å². The SMILES string of the molecule is COCCN1CCN(c2cc(-c3ccccc3F)nc3ccnn23)CC1. The van der Waals surface area contributed by atoms with E-state index in [2.05, 4.69) is 19.9 Å². The van der Waals surface area contributed by atoms with Crippen molar-refractivity contribution in [2.45, 2.75) is 0 Å². The van der Waals surface area contributed by atoms with Gasteiger partial charge in [-0.25, -0.2) is 9.37 Å². The zero-order valence-corrected chi connectivity index (χ0v) is 14.8. The Balaban J connectivity index is 1.65. The van der Waals surface area contributed by atoms with E-state index < -0.39 is 0 Å². The highest BCUT2D eigenvalue weighted by atomic mass is 19.1. The molecule has 1 fully saturated rings. The van der Waals surface area contributed by atoms with Crippen LogP contribution in [0.3, 0.4) is 0 Å². The summed E-state index contributed by atoms with van der Waals surface area (Å²) in [4.78, 5) is 9.26. The van der Waals surface area contributed by atoms with Crippen molar-refractivity contribution in [1.29, 1.82) is 0 Å². The van der Waals surface area contributed by atoms with Crippen LogP contribution in [0, 0.1) is 5.82 Å². The molecular formula is C19H22FN5O. The van der Waals surface area contributed by atoms with Crippen molar-refractivity contribution in [2.75, 3.05) is 51.3 Å². The maximum atomic E-state index is 14.3. The normalized spacial score (nSPS) is 15.7. The van der Waals surface area contributed by atoms with Crippen molar-refractivity contribution in [3.8, 4) is 11.3 Å². The maximum Gasteiger partial charge on any atom is 0.157 e. The van der Waals surface area contributed by atoms with Crippen LogP contribution in [-0.2, 0) is 4.74 Å². The van der Waals surface area contributed by atoms with Gasteiger partial charge in [0.05, 0.1) is 18.5 Å². The highest BCUT2D eigenvalue weighted by Gasteiger charge is 2.21. The number of aromatic nitrogens is 3. The van der Waals surface area contributed by atoms with Gasteiger partial charge in [0.25, 0.3) is 0 Å². The minimum Gasteiger partial charge on any atom is -0.383 e. The van der Waals surface area contributed by atoms with Crippen LogP contribution in [-0.4, -0.2) is 65.9 Å². The average molecular weight is 355 g/mol. The Morgan fingerprint density at radius 1 is 1.12 bits per heavy atom. The molecule has 0 amide bonds. The third-order valence-electron chi connectivity index (χ3n) is 4.80. The third kappa shape index (κ3) is 3.27. The molecule has 0 radical (unpaired) electrons. The predicted octanol–water partition coefficient (Wildman–Crippen LogP) is 2.30. The second-order valence-corrected chi connectivity index (χ2v) is 6.40. The highest BCUT2D eigenvalue weighted by Crippen LogP contribution is 2.26. The van der Waals surface area contributed by atoms with Gasteiger partial charge in [-0.2, -0.15) is 9.61 Å². The van der Waals surface area contributed by atoms with E-state index in [1.807, 2.05) is 22.7 Å². The fourth-order valence-electron chi connectivity index (χ4n) is 3.35. The molecule has 26 heavy (non-hydrogen) atoms. The van der Waals surface area contributed by atoms with E-state index in [1.165, 1.54) is 6.07 Å². The van der Waals surface area contributed by atoms with Gasteiger partial charge in [0.15, 0.2) is 5.65 Å². The molecule has 0 bridgehead atoms. The van der Waals surface area contributed by atoms with Gasteiger partial charge in [-0.1, -0.05) is 12.1 Å². The minimum atomic E-state index is -0.265. The standard InChI is InChI=1S/C19H22FN5O/c1-26-13-12-23-8-10-24(11-9-23)19-14-17(15-4-2-3-5-16(15)20)22-18-6-7-21-25(18)19/h2-7,14H,8-13H2,1H3. The van der Waals surface area contributed by atoms with Crippen molar-refractivity contribution in [3.05, 3.63) is 48.4 Å². The van der Waals surface area contributed by atoms with Crippen LogP contribution in [0.25, 0.3) is 16.9 Å². The quantitative estimate of drug-likeness (QED) is 0.703. The van der Waals surface area contributed by atoms with Gasteiger partial charge in [-0.3, -0.25) is 4.90 Å². The molecule has 3 heterocycles. The van der Waals surface area contributed by atoms with Crippen LogP contribution in [0.15, 0.2) is 42.6 Å². The molecule has 3 aromatic rings. The van der Waals surface area contributed by atoms with Crippen molar-refractivity contribution in [2.24, 2.45) is 0 Å². The molecule has 0 saturated carbocycles. The number of halogens is 1. The molecule has 1 aliphatic rings. The van der Waals surface area contributed by atoms with Gasteiger partial charge in [0.1, 0.15) is 11.6 Å². The first-order valence-electron chi connectivity index (χ1n) is 8.82. The molecule has 6 nitrogen and oxygen atoms in total. The predicted molar refractivity (Wildman–Crippen MR) is 98.9 cm³/mol. The molecule has 0 unspecified atom stereocenters. The molecule has 0 aliphatic carbocycles. The highest BCUT2D eigenvalue weighted by molar-refractivity contribution is 5.67. The summed E-state index contributed by atoms with van der Waals surface area (Å²) in [7, 11) is 1.73. The molecule has 136 valence electrons. The number of methoxy groups -OCH3 is 1. The van der Waals surface area contributed by atoms with Crippen LogP contribution in [0.2, 0.25) is 0 Å². The van der Waals surface area contributed by atoms with Crippen molar-refractivity contribution in [3.63, 3.8) is 0 Å². The maximum absolute atomic E-state index is 14.3. The van der Waals surface area contributed by atoms with E-state index >= 15 is 0 Å². The molecule has 0 spiro atoms. The lowest BCUT2D eigenvalue weighted by Crippen LogP contribution is -2.47. The van der Waals surface area contributed by atoms with Gasteiger partial charge in [0.2, 0.25) is 0 Å². The summed E-state index contributed by atoms with van der Waals surface area (Å²) in [5.74, 6) is 0.684. The van der Waals surface area contributed by atoms with Crippen LogP contribution >= 0.6 is 0 Å².